The molecule has 9 nitrogen and oxygen atoms in total. The lowest BCUT2D eigenvalue weighted by Crippen LogP contribution is -2.48. The van der Waals surface area contributed by atoms with E-state index in [4.69, 9.17) is 23.9 Å². The van der Waals surface area contributed by atoms with Gasteiger partial charge >= 0.3 is 0 Å². The van der Waals surface area contributed by atoms with Crippen LogP contribution in [0.1, 0.15) is 0 Å². The van der Waals surface area contributed by atoms with Crippen molar-refractivity contribution in [3.63, 3.8) is 0 Å². The first-order chi connectivity index (χ1) is 14.7. The Bertz CT molecular complexity index is 882. The number of carbonyl (C=O) groups excluding carboxylic acids is 1. The number of nitrogens with one attached hydrogen (secondary N) is 1. The summed E-state index contributed by atoms with van der Waals surface area (Å²) in [6, 6.07) is 3.80. The number of carbonyl (C=O) groups is 1. The maximum Gasteiger partial charge on any atom is 0.289 e. The van der Waals surface area contributed by atoms with Gasteiger partial charge in [0.25, 0.3) is 5.91 Å². The molecular weight excluding hydrogens is 408 g/mol. The first-order valence-electron chi connectivity index (χ1n) is 9.91. The fourth-order valence-electron chi connectivity index (χ4n) is 3.47. The number of ether oxygens (including phenoxy) is 4. The van der Waals surface area contributed by atoms with Crippen molar-refractivity contribution in [1.29, 1.82) is 0 Å². The van der Waals surface area contributed by atoms with Crippen LogP contribution >= 0.6 is 11.3 Å². The highest BCUT2D eigenvalue weighted by Gasteiger charge is 2.22. The molecule has 2 aromatic rings. The van der Waals surface area contributed by atoms with Gasteiger partial charge in [0, 0.05) is 39.3 Å². The monoisotopic (exact) mass is 434 g/mol. The van der Waals surface area contributed by atoms with E-state index in [-0.39, 0.29) is 11.7 Å². The van der Waals surface area contributed by atoms with E-state index in [9.17, 15) is 4.79 Å². The predicted molar refractivity (Wildman–Crippen MR) is 114 cm³/mol. The van der Waals surface area contributed by atoms with E-state index < -0.39 is 0 Å². The molecule has 0 atom stereocenters. The van der Waals surface area contributed by atoms with Gasteiger partial charge in [-0.05, 0) is 12.1 Å². The minimum absolute atomic E-state index is 0.231. The molecule has 0 saturated carbocycles. The number of aromatic nitrogens is 1. The minimum Gasteiger partial charge on any atom is -0.495 e. The lowest BCUT2D eigenvalue weighted by Gasteiger charge is -2.34. The summed E-state index contributed by atoms with van der Waals surface area (Å²) in [6.07, 6.45) is 1.37. The van der Waals surface area contributed by atoms with Gasteiger partial charge in [0.05, 0.1) is 14.2 Å². The van der Waals surface area contributed by atoms with Gasteiger partial charge in [-0.15, -0.1) is 0 Å². The van der Waals surface area contributed by atoms with Crippen molar-refractivity contribution in [3.05, 3.63) is 24.2 Å². The second-order valence-electron chi connectivity index (χ2n) is 6.93. The highest BCUT2D eigenvalue weighted by Crippen LogP contribution is 2.40. The number of rotatable bonds is 7. The second-order valence-corrected chi connectivity index (χ2v) is 7.91. The van der Waals surface area contributed by atoms with Crippen LogP contribution in [0.15, 0.2) is 24.2 Å². The van der Waals surface area contributed by atoms with E-state index in [1.54, 1.807) is 25.6 Å². The number of nitrogens with zero attached hydrogens (tertiary/aromatic N) is 3. The molecule has 1 aromatic heterocycles. The Balaban J connectivity index is 1.30. The summed E-state index contributed by atoms with van der Waals surface area (Å²) in [5.41, 5.74) is 0.838. The van der Waals surface area contributed by atoms with Crippen molar-refractivity contribution in [2.45, 2.75) is 0 Å². The van der Waals surface area contributed by atoms with Gasteiger partial charge < -0.3 is 29.2 Å². The van der Waals surface area contributed by atoms with Crippen molar-refractivity contribution in [2.24, 2.45) is 0 Å². The summed E-state index contributed by atoms with van der Waals surface area (Å²) in [6.45, 7) is 5.80. The van der Waals surface area contributed by atoms with Crippen LogP contribution in [0.25, 0.3) is 10.2 Å². The number of thiazole rings is 1. The first kappa shape index (κ1) is 20.5. The van der Waals surface area contributed by atoms with E-state index >= 15 is 0 Å². The quantitative estimate of drug-likeness (QED) is 0.701. The molecule has 4 rings (SSSR count). The first-order valence-corrected chi connectivity index (χ1v) is 10.7. The van der Waals surface area contributed by atoms with Crippen LogP contribution in [0.4, 0.5) is 5.13 Å². The van der Waals surface area contributed by atoms with E-state index in [2.05, 4.69) is 15.1 Å². The van der Waals surface area contributed by atoms with Gasteiger partial charge in [-0.3, -0.25) is 9.69 Å². The number of hydrogen-bond donors (Lipinski definition) is 1. The largest absolute Gasteiger partial charge is 0.495 e. The van der Waals surface area contributed by atoms with Gasteiger partial charge in [-0.2, -0.15) is 0 Å². The molecule has 0 unspecified atom stereocenters. The van der Waals surface area contributed by atoms with Crippen molar-refractivity contribution in [3.8, 4) is 11.5 Å². The van der Waals surface area contributed by atoms with Crippen molar-refractivity contribution in [2.75, 3.05) is 71.6 Å². The van der Waals surface area contributed by atoms with Gasteiger partial charge in [0.2, 0.25) is 5.76 Å². The lowest BCUT2D eigenvalue weighted by molar-refractivity contribution is -0.122. The fraction of sp³-hybridized carbons (Fsp3) is 0.500. The van der Waals surface area contributed by atoms with Gasteiger partial charge in [0.15, 0.2) is 5.13 Å². The maximum absolute atomic E-state index is 12.0. The molecule has 10 heteroatoms. The zero-order chi connectivity index (χ0) is 20.9. The molecule has 0 spiro atoms. The highest BCUT2D eigenvalue weighted by atomic mass is 32.1. The van der Waals surface area contributed by atoms with Crippen LogP contribution in [0, 0.1) is 0 Å². The summed E-state index contributed by atoms with van der Waals surface area (Å²) in [7, 11) is 3.32. The topological polar surface area (TPSA) is 85.4 Å². The van der Waals surface area contributed by atoms with E-state index in [1.807, 2.05) is 12.1 Å². The molecule has 1 saturated heterocycles. The van der Waals surface area contributed by atoms with Crippen molar-refractivity contribution >= 4 is 32.6 Å². The molecule has 30 heavy (non-hydrogen) atoms. The minimum atomic E-state index is -0.231. The molecule has 162 valence electrons. The molecule has 0 bridgehead atoms. The number of methoxy groups -OCH3 is 2. The van der Waals surface area contributed by atoms with Gasteiger partial charge in [0.1, 0.15) is 41.2 Å². The summed E-state index contributed by atoms with van der Waals surface area (Å²) in [4.78, 5) is 21.5. The summed E-state index contributed by atoms with van der Waals surface area (Å²) in [5.74, 6) is 1.58. The van der Waals surface area contributed by atoms with Crippen LogP contribution < -0.4 is 19.7 Å². The summed E-state index contributed by atoms with van der Waals surface area (Å²) in [5, 5.41) is 3.85. The van der Waals surface area contributed by atoms with Crippen LogP contribution in [0.2, 0.25) is 0 Å². The molecule has 1 amide bonds. The zero-order valence-corrected chi connectivity index (χ0v) is 18.0. The third-order valence-corrected chi connectivity index (χ3v) is 6.26. The lowest BCUT2D eigenvalue weighted by atomic mass is 10.3. The molecule has 3 heterocycles. The molecule has 0 radical (unpaired) electrons. The molecule has 2 aliphatic rings. The van der Waals surface area contributed by atoms with Gasteiger partial charge in [-0.25, -0.2) is 4.98 Å². The molecule has 1 aromatic carbocycles. The number of piperazine rings is 1. The number of benzene rings is 1. The van der Waals surface area contributed by atoms with E-state index in [0.717, 1.165) is 59.6 Å². The van der Waals surface area contributed by atoms with Crippen LogP contribution in [-0.4, -0.2) is 82.5 Å². The van der Waals surface area contributed by atoms with E-state index in [0.29, 0.717) is 19.8 Å². The highest BCUT2D eigenvalue weighted by molar-refractivity contribution is 7.22. The summed E-state index contributed by atoms with van der Waals surface area (Å²) < 4.78 is 22.3. The molecule has 1 N–H and O–H groups in total. The molecule has 2 aliphatic heterocycles. The van der Waals surface area contributed by atoms with Crippen LogP contribution in [-0.2, 0) is 14.3 Å². The fourth-order valence-corrected chi connectivity index (χ4v) is 4.60. The van der Waals surface area contributed by atoms with Crippen LogP contribution in [0.5, 0.6) is 11.5 Å². The van der Waals surface area contributed by atoms with Gasteiger partial charge in [-0.1, -0.05) is 11.3 Å². The third-order valence-electron chi connectivity index (χ3n) is 5.13. The smallest absolute Gasteiger partial charge is 0.289 e. The second kappa shape index (κ2) is 9.40. The molecule has 0 aliphatic carbocycles. The van der Waals surface area contributed by atoms with Crippen molar-refractivity contribution in [1.82, 2.24) is 15.2 Å². The average molecular weight is 435 g/mol. The Labute approximate surface area is 179 Å². The molecular formula is C20H26N4O5S. The third kappa shape index (κ3) is 4.39. The number of hydrogen-bond acceptors (Lipinski definition) is 9. The zero-order valence-electron chi connectivity index (χ0n) is 17.2. The standard InChI is InChI=1S/C20H26N4O5S/c1-26-14-3-4-15(27-2)18-17(14)22-20(30-18)24-9-7-23(8-10-24)6-5-21-19(25)16-13-28-11-12-29-16/h3-4,13H,5-12H2,1-2H3,(H,21,25). The SMILES string of the molecule is COc1ccc(OC)c2sc(N3CCN(CCNC(=O)C4=COCCO4)CC3)nc12. The molecule has 1 fully saturated rings. The van der Waals surface area contributed by atoms with Crippen LogP contribution in [0.3, 0.4) is 0 Å². The van der Waals surface area contributed by atoms with E-state index in [1.165, 1.54) is 6.26 Å². The Morgan fingerprint density at radius 1 is 1.17 bits per heavy atom. The Hall–Kier alpha value is -2.72. The predicted octanol–water partition coefficient (Wildman–Crippen LogP) is 1.44. The Kier molecular flexibility index (Phi) is 6.44. The maximum atomic E-state index is 12.0. The summed E-state index contributed by atoms with van der Waals surface area (Å²) >= 11 is 1.63. The average Bonchev–Trinajstić information content (AvgIpc) is 3.25. The number of fused-ring (bicyclic) bond motifs is 1. The van der Waals surface area contributed by atoms with Crippen molar-refractivity contribution < 1.29 is 23.7 Å². The normalized spacial score (nSPS) is 17.1. The number of amides is 1. The number of anilines is 1. The Morgan fingerprint density at radius 3 is 2.63 bits per heavy atom. The Morgan fingerprint density at radius 2 is 1.93 bits per heavy atom.